The largest absolute Gasteiger partial charge is 0.346 e. The molecule has 3 heterocycles. The van der Waals surface area contributed by atoms with Crippen LogP contribution in [-0.2, 0) is 0 Å². The maximum atomic E-state index is 13.3. The highest BCUT2D eigenvalue weighted by Gasteiger charge is 2.46. The van der Waals surface area contributed by atoms with Crippen molar-refractivity contribution in [3.63, 3.8) is 0 Å². The molecule has 2 aliphatic carbocycles. The predicted octanol–water partition coefficient (Wildman–Crippen LogP) is 5.97. The van der Waals surface area contributed by atoms with Crippen molar-refractivity contribution in [1.82, 2.24) is 9.36 Å². The SMILES string of the molecule is O=C(c1cnsc1)C1CCCCCCCC(C2=c3cc[nH]c3=NC=CCC2)CC2(CC2)C1. The van der Waals surface area contributed by atoms with Crippen LogP contribution in [0.15, 0.2) is 41.1 Å². The summed E-state index contributed by atoms with van der Waals surface area (Å²) in [6.07, 6.45) is 23.7. The molecule has 1 aliphatic heterocycles. The molecule has 5 rings (SSSR count). The first-order valence-electron chi connectivity index (χ1n) is 12.6. The van der Waals surface area contributed by atoms with Crippen molar-refractivity contribution in [3.05, 3.63) is 52.4 Å². The number of aromatic nitrogens is 2. The van der Waals surface area contributed by atoms with Crippen LogP contribution in [0.25, 0.3) is 5.57 Å². The fourth-order valence-corrected chi connectivity index (χ4v) is 6.56. The van der Waals surface area contributed by atoms with E-state index in [9.17, 15) is 4.79 Å². The summed E-state index contributed by atoms with van der Waals surface area (Å²) < 4.78 is 4.20. The number of hydrogen-bond acceptors (Lipinski definition) is 4. The number of carbonyl (C=O) groups excluding carboxylic acids is 1. The normalized spacial score (nSPS) is 26.2. The third-order valence-electron chi connectivity index (χ3n) is 7.96. The Bertz CT molecular complexity index is 1060. The van der Waals surface area contributed by atoms with Crippen molar-refractivity contribution in [1.29, 1.82) is 0 Å². The minimum atomic E-state index is 0.164. The van der Waals surface area contributed by atoms with Crippen LogP contribution in [-0.4, -0.2) is 15.1 Å². The predicted molar refractivity (Wildman–Crippen MR) is 130 cm³/mol. The number of ketones is 1. The summed E-state index contributed by atoms with van der Waals surface area (Å²) in [7, 11) is 0. The third kappa shape index (κ3) is 4.98. The molecule has 2 unspecified atom stereocenters. The molecule has 2 saturated carbocycles. The number of rotatable bonds is 3. The van der Waals surface area contributed by atoms with Gasteiger partial charge in [0.2, 0.25) is 0 Å². The molecule has 0 bridgehead atoms. The Morgan fingerprint density at radius 2 is 1.94 bits per heavy atom. The molecule has 170 valence electrons. The minimum Gasteiger partial charge on any atom is -0.346 e. The maximum absolute atomic E-state index is 13.3. The summed E-state index contributed by atoms with van der Waals surface area (Å²) in [6.45, 7) is 0. The van der Waals surface area contributed by atoms with E-state index in [1.165, 1.54) is 74.5 Å². The number of nitrogens with one attached hydrogen (secondary N) is 1. The molecule has 4 nitrogen and oxygen atoms in total. The molecule has 5 heteroatoms. The highest BCUT2D eigenvalue weighted by atomic mass is 32.1. The fraction of sp³-hybridized carbons (Fsp3) is 0.593. The lowest BCUT2D eigenvalue weighted by Crippen LogP contribution is -2.30. The van der Waals surface area contributed by atoms with E-state index in [1.807, 2.05) is 17.8 Å². The molecule has 3 aliphatic rings. The van der Waals surface area contributed by atoms with Gasteiger partial charge in [0.15, 0.2) is 5.78 Å². The average Bonchev–Trinajstić information content (AvgIpc) is 3.15. The second-order valence-corrected chi connectivity index (χ2v) is 10.9. The Labute approximate surface area is 195 Å². The van der Waals surface area contributed by atoms with Crippen molar-refractivity contribution in [2.24, 2.45) is 22.2 Å². The van der Waals surface area contributed by atoms with Crippen molar-refractivity contribution >= 4 is 22.9 Å². The molecule has 1 N–H and O–H groups in total. The highest BCUT2D eigenvalue weighted by Crippen LogP contribution is 2.57. The second kappa shape index (κ2) is 9.86. The standard InChI is InChI=1S/C27H35N3OS/c31-25(22-18-30-32-19-22)21-9-5-3-1-2-4-8-20(16-27(17-21)12-13-27)23-10-6-7-14-28-26-24(23)11-15-29-26/h7,11,14-15,18-21H,1-6,8-10,12-13,16-17H2,(H,28,29). The lowest BCUT2D eigenvalue weighted by molar-refractivity contribution is 0.0878. The van der Waals surface area contributed by atoms with E-state index >= 15 is 0 Å². The van der Waals surface area contributed by atoms with Gasteiger partial charge in [-0.3, -0.25) is 4.79 Å². The molecule has 2 fully saturated rings. The summed E-state index contributed by atoms with van der Waals surface area (Å²) >= 11 is 1.40. The first kappa shape index (κ1) is 21.8. The molecular formula is C27H35N3OS. The van der Waals surface area contributed by atoms with Crippen molar-refractivity contribution < 1.29 is 4.79 Å². The van der Waals surface area contributed by atoms with Crippen LogP contribution in [0.3, 0.4) is 0 Å². The van der Waals surface area contributed by atoms with Gasteiger partial charge in [0.25, 0.3) is 0 Å². The zero-order valence-electron chi connectivity index (χ0n) is 19.0. The smallest absolute Gasteiger partial charge is 0.168 e. The second-order valence-electron chi connectivity index (χ2n) is 10.2. The summed E-state index contributed by atoms with van der Waals surface area (Å²) in [5.74, 6) is 1.11. The zero-order chi connectivity index (χ0) is 21.8. The molecule has 1 spiro atoms. The molecule has 0 radical (unpaired) electrons. The van der Waals surface area contributed by atoms with Crippen LogP contribution in [0.2, 0.25) is 0 Å². The average molecular weight is 450 g/mol. The van der Waals surface area contributed by atoms with Crippen LogP contribution in [0.1, 0.15) is 93.8 Å². The van der Waals surface area contributed by atoms with E-state index < -0.39 is 0 Å². The number of hydrogen-bond donors (Lipinski definition) is 1. The van der Waals surface area contributed by atoms with Gasteiger partial charge in [-0.1, -0.05) is 43.8 Å². The van der Waals surface area contributed by atoms with Crippen LogP contribution in [0.4, 0.5) is 0 Å². The van der Waals surface area contributed by atoms with Gasteiger partial charge in [0.1, 0.15) is 5.49 Å². The first-order valence-corrected chi connectivity index (χ1v) is 13.4. The molecule has 0 saturated heterocycles. The molecular weight excluding hydrogens is 414 g/mol. The molecule has 0 amide bonds. The zero-order valence-corrected chi connectivity index (χ0v) is 19.8. The molecule has 2 aromatic rings. The Balaban J connectivity index is 1.44. The molecule has 2 aromatic heterocycles. The number of aromatic amines is 1. The maximum Gasteiger partial charge on any atom is 0.168 e. The van der Waals surface area contributed by atoms with Crippen LogP contribution in [0.5, 0.6) is 0 Å². The summed E-state index contributed by atoms with van der Waals surface area (Å²) in [5.41, 5.74) is 3.80. The van der Waals surface area contributed by atoms with Gasteiger partial charge in [-0.15, -0.1) is 0 Å². The number of allylic oxidation sites excluding steroid dienone is 1. The van der Waals surface area contributed by atoms with Crippen LogP contribution < -0.4 is 10.7 Å². The van der Waals surface area contributed by atoms with Gasteiger partial charge < -0.3 is 4.98 Å². The van der Waals surface area contributed by atoms with Gasteiger partial charge in [0.05, 0.1) is 6.20 Å². The molecule has 2 atom stereocenters. The lowest BCUT2D eigenvalue weighted by atomic mass is 9.75. The summed E-state index contributed by atoms with van der Waals surface area (Å²) in [6, 6.07) is 2.24. The Kier molecular flexibility index (Phi) is 6.72. The number of fused-ring (bicyclic) bond motifs is 1. The number of nitrogens with zero attached hydrogens (tertiary/aromatic N) is 2. The van der Waals surface area contributed by atoms with E-state index in [0.29, 0.717) is 17.1 Å². The van der Waals surface area contributed by atoms with Gasteiger partial charge in [-0.25, -0.2) is 9.37 Å². The third-order valence-corrected chi connectivity index (χ3v) is 8.55. The summed E-state index contributed by atoms with van der Waals surface area (Å²) in [5, 5.41) is 3.27. The number of Topliss-reactive ketones (excluding diaryl/α,β-unsaturated/α-hetero) is 1. The van der Waals surface area contributed by atoms with Crippen LogP contribution in [0, 0.1) is 17.3 Å². The van der Waals surface area contributed by atoms with E-state index in [2.05, 4.69) is 26.5 Å². The summed E-state index contributed by atoms with van der Waals surface area (Å²) in [4.78, 5) is 21.3. The van der Waals surface area contributed by atoms with E-state index in [-0.39, 0.29) is 5.92 Å². The molecule has 32 heavy (non-hydrogen) atoms. The van der Waals surface area contributed by atoms with Crippen molar-refractivity contribution in [2.45, 2.75) is 83.5 Å². The van der Waals surface area contributed by atoms with E-state index in [1.54, 1.807) is 11.8 Å². The quantitative estimate of drug-likeness (QED) is 0.587. The number of carbonyl (C=O) groups is 1. The minimum absolute atomic E-state index is 0.164. The number of H-pyrrole nitrogens is 1. The Hall–Kier alpha value is -2.01. The first-order chi connectivity index (χ1) is 15.7. The van der Waals surface area contributed by atoms with Gasteiger partial charge >= 0.3 is 0 Å². The fourth-order valence-electron chi connectivity index (χ4n) is 6.04. The van der Waals surface area contributed by atoms with Crippen molar-refractivity contribution in [2.75, 3.05) is 0 Å². The Morgan fingerprint density at radius 1 is 1.09 bits per heavy atom. The lowest BCUT2D eigenvalue weighted by Gasteiger charge is -2.29. The van der Waals surface area contributed by atoms with Gasteiger partial charge in [-0.2, -0.15) is 0 Å². The van der Waals surface area contributed by atoms with E-state index in [0.717, 1.165) is 36.7 Å². The topological polar surface area (TPSA) is 58.1 Å². The van der Waals surface area contributed by atoms with E-state index in [4.69, 9.17) is 0 Å². The van der Waals surface area contributed by atoms with Crippen molar-refractivity contribution in [3.8, 4) is 0 Å². The Morgan fingerprint density at radius 3 is 2.75 bits per heavy atom. The van der Waals surface area contributed by atoms with Gasteiger partial charge in [-0.05, 0) is 80.3 Å². The molecule has 0 aromatic carbocycles. The highest BCUT2D eigenvalue weighted by molar-refractivity contribution is 7.03. The van der Waals surface area contributed by atoms with Crippen LogP contribution >= 0.6 is 11.5 Å². The monoisotopic (exact) mass is 449 g/mol. The van der Waals surface area contributed by atoms with Gasteiger partial charge in [0, 0.05) is 34.5 Å².